The zero-order valence-corrected chi connectivity index (χ0v) is 12.7. The Balaban J connectivity index is 2.34. The number of hydrogen-bond donors (Lipinski definition) is 2. The highest BCUT2D eigenvalue weighted by Gasteiger charge is 2.39. The van der Waals surface area contributed by atoms with Crippen LogP contribution >= 0.6 is 0 Å². The summed E-state index contributed by atoms with van der Waals surface area (Å²) in [7, 11) is -3.68. The first kappa shape index (κ1) is 16.6. The smallest absolute Gasteiger partial charge is 0.324 e. The molecule has 1 aliphatic rings. The Hall–Kier alpha value is -1.77. The van der Waals surface area contributed by atoms with Gasteiger partial charge in [-0.05, 0) is 30.5 Å². The van der Waals surface area contributed by atoms with Crippen LogP contribution in [0.3, 0.4) is 0 Å². The molecule has 0 saturated heterocycles. The van der Waals surface area contributed by atoms with E-state index in [1.54, 1.807) is 0 Å². The molecule has 122 valence electrons. The standard InChI is InChI=1S/C13H15F3N2O3S/c1-7-5-9(7)12(19)17-11-6-8(13(14,15)16)3-4-10(11)18-22(2,20)21/h3-4,6-7,9,18H,5H2,1-2H3,(H,17,19). The maximum Gasteiger partial charge on any atom is 0.416 e. The lowest BCUT2D eigenvalue weighted by molar-refractivity contribution is -0.137. The van der Waals surface area contributed by atoms with Gasteiger partial charge >= 0.3 is 6.18 Å². The van der Waals surface area contributed by atoms with Gasteiger partial charge in [-0.25, -0.2) is 8.42 Å². The number of carbonyl (C=O) groups is 1. The van der Waals surface area contributed by atoms with Crippen molar-refractivity contribution in [2.24, 2.45) is 11.8 Å². The zero-order chi connectivity index (χ0) is 16.7. The van der Waals surface area contributed by atoms with Crippen molar-refractivity contribution in [2.75, 3.05) is 16.3 Å². The number of rotatable bonds is 4. The van der Waals surface area contributed by atoms with Crippen LogP contribution in [0.2, 0.25) is 0 Å². The van der Waals surface area contributed by atoms with E-state index in [1.807, 2.05) is 6.92 Å². The van der Waals surface area contributed by atoms with Gasteiger partial charge in [0.05, 0.1) is 23.2 Å². The lowest BCUT2D eigenvalue weighted by Crippen LogP contribution is -2.18. The molecule has 0 heterocycles. The first-order chi connectivity index (χ1) is 9.97. The molecule has 1 aromatic carbocycles. The summed E-state index contributed by atoms with van der Waals surface area (Å²) in [4.78, 5) is 11.9. The van der Waals surface area contributed by atoms with E-state index in [1.165, 1.54) is 0 Å². The number of anilines is 2. The van der Waals surface area contributed by atoms with Crippen molar-refractivity contribution in [3.8, 4) is 0 Å². The molecule has 2 unspecified atom stereocenters. The third-order valence-corrected chi connectivity index (χ3v) is 3.94. The number of alkyl halides is 3. The summed E-state index contributed by atoms with van der Waals surface area (Å²) >= 11 is 0. The quantitative estimate of drug-likeness (QED) is 0.888. The van der Waals surface area contributed by atoms with Crippen LogP contribution in [0.4, 0.5) is 24.5 Å². The minimum absolute atomic E-state index is 0.0999. The number of sulfonamides is 1. The number of hydrogen-bond acceptors (Lipinski definition) is 3. The van der Waals surface area contributed by atoms with Gasteiger partial charge in [0, 0.05) is 5.92 Å². The zero-order valence-electron chi connectivity index (χ0n) is 11.9. The van der Waals surface area contributed by atoms with Crippen LogP contribution < -0.4 is 10.0 Å². The summed E-state index contributed by atoms with van der Waals surface area (Å²) < 4.78 is 62.9. The lowest BCUT2D eigenvalue weighted by atomic mass is 10.1. The van der Waals surface area contributed by atoms with Gasteiger partial charge in [-0.1, -0.05) is 6.92 Å². The van der Waals surface area contributed by atoms with Crippen molar-refractivity contribution in [2.45, 2.75) is 19.5 Å². The predicted molar refractivity (Wildman–Crippen MR) is 75.8 cm³/mol. The van der Waals surface area contributed by atoms with Crippen LogP contribution in [0.5, 0.6) is 0 Å². The molecule has 1 saturated carbocycles. The molecule has 22 heavy (non-hydrogen) atoms. The third-order valence-electron chi connectivity index (χ3n) is 3.35. The minimum Gasteiger partial charge on any atom is -0.324 e. The average Bonchev–Trinajstić information content (AvgIpc) is 3.05. The lowest BCUT2D eigenvalue weighted by Gasteiger charge is -2.15. The van der Waals surface area contributed by atoms with E-state index in [-0.39, 0.29) is 23.2 Å². The SMILES string of the molecule is CC1CC1C(=O)Nc1cc(C(F)(F)F)ccc1NS(C)(=O)=O. The van der Waals surface area contributed by atoms with Crippen LogP contribution in [0.15, 0.2) is 18.2 Å². The molecule has 2 atom stereocenters. The summed E-state index contributed by atoms with van der Waals surface area (Å²) in [5.41, 5.74) is -1.27. The van der Waals surface area contributed by atoms with Crippen LogP contribution in [0.1, 0.15) is 18.9 Å². The summed E-state index contributed by atoms with van der Waals surface area (Å²) in [6, 6.07) is 2.46. The minimum atomic E-state index is -4.59. The Labute approximate surface area is 125 Å². The van der Waals surface area contributed by atoms with Crippen LogP contribution in [-0.4, -0.2) is 20.6 Å². The fourth-order valence-corrected chi connectivity index (χ4v) is 2.60. The van der Waals surface area contributed by atoms with Gasteiger partial charge in [-0.15, -0.1) is 0 Å². The highest BCUT2D eigenvalue weighted by atomic mass is 32.2. The predicted octanol–water partition coefficient (Wildman–Crippen LogP) is 2.67. The Kier molecular flexibility index (Phi) is 4.12. The van der Waals surface area contributed by atoms with Gasteiger partial charge in [0.25, 0.3) is 0 Å². The first-order valence-corrected chi connectivity index (χ1v) is 8.36. The van der Waals surface area contributed by atoms with Gasteiger partial charge in [0.15, 0.2) is 0 Å². The second-order valence-corrected chi connectivity index (χ2v) is 7.19. The maximum absolute atomic E-state index is 12.8. The maximum atomic E-state index is 12.8. The van der Waals surface area contributed by atoms with E-state index < -0.39 is 27.7 Å². The highest BCUT2D eigenvalue weighted by molar-refractivity contribution is 7.92. The average molecular weight is 336 g/mol. The molecular formula is C13H15F3N2O3S. The largest absolute Gasteiger partial charge is 0.416 e. The van der Waals surface area contributed by atoms with Crippen molar-refractivity contribution >= 4 is 27.3 Å². The second-order valence-electron chi connectivity index (χ2n) is 5.44. The summed E-state index contributed by atoms with van der Waals surface area (Å²) in [5.74, 6) is -0.485. The number of benzene rings is 1. The fraction of sp³-hybridized carbons (Fsp3) is 0.462. The number of halogens is 3. The van der Waals surface area contributed by atoms with Crippen molar-refractivity contribution in [1.29, 1.82) is 0 Å². The van der Waals surface area contributed by atoms with Gasteiger partial charge in [0.1, 0.15) is 0 Å². The Bertz CT molecular complexity index is 701. The molecule has 0 aromatic heterocycles. The Morgan fingerprint density at radius 3 is 2.32 bits per heavy atom. The van der Waals surface area contributed by atoms with Gasteiger partial charge in [-0.3, -0.25) is 9.52 Å². The molecule has 0 aliphatic heterocycles. The Morgan fingerprint density at radius 1 is 1.27 bits per heavy atom. The van der Waals surface area contributed by atoms with Crippen LogP contribution in [0.25, 0.3) is 0 Å². The molecule has 1 amide bonds. The number of carbonyl (C=O) groups excluding carboxylic acids is 1. The van der Waals surface area contributed by atoms with Crippen LogP contribution in [0, 0.1) is 11.8 Å². The second kappa shape index (κ2) is 5.45. The first-order valence-electron chi connectivity index (χ1n) is 6.47. The molecule has 2 rings (SSSR count). The third kappa shape index (κ3) is 4.12. The summed E-state index contributed by atoms with van der Waals surface area (Å²) in [6.07, 6.45) is -3.05. The number of nitrogens with one attached hydrogen (secondary N) is 2. The van der Waals surface area contributed by atoms with E-state index in [9.17, 15) is 26.4 Å². The monoisotopic (exact) mass is 336 g/mol. The molecule has 1 aliphatic carbocycles. The molecular weight excluding hydrogens is 321 g/mol. The molecule has 1 aromatic rings. The molecule has 2 N–H and O–H groups in total. The summed E-state index contributed by atoms with van der Waals surface area (Å²) in [5, 5.41) is 2.37. The van der Waals surface area contributed by atoms with E-state index in [2.05, 4.69) is 10.0 Å². The van der Waals surface area contributed by atoms with E-state index in [0.29, 0.717) is 6.42 Å². The van der Waals surface area contributed by atoms with Crippen molar-refractivity contribution < 1.29 is 26.4 Å². The summed E-state index contributed by atoms with van der Waals surface area (Å²) in [6.45, 7) is 1.85. The molecule has 0 spiro atoms. The van der Waals surface area contributed by atoms with Crippen molar-refractivity contribution in [1.82, 2.24) is 0 Å². The number of amides is 1. The molecule has 0 radical (unpaired) electrons. The van der Waals surface area contributed by atoms with Crippen molar-refractivity contribution in [3.63, 3.8) is 0 Å². The normalized spacial score (nSPS) is 21.3. The van der Waals surface area contributed by atoms with Crippen LogP contribution in [-0.2, 0) is 21.0 Å². The van der Waals surface area contributed by atoms with E-state index in [0.717, 1.165) is 24.5 Å². The topological polar surface area (TPSA) is 75.3 Å². The van der Waals surface area contributed by atoms with E-state index in [4.69, 9.17) is 0 Å². The van der Waals surface area contributed by atoms with Gasteiger partial charge in [0.2, 0.25) is 15.9 Å². The van der Waals surface area contributed by atoms with Gasteiger partial charge in [-0.2, -0.15) is 13.2 Å². The highest BCUT2D eigenvalue weighted by Crippen LogP contribution is 2.40. The molecule has 1 fully saturated rings. The van der Waals surface area contributed by atoms with E-state index >= 15 is 0 Å². The fourth-order valence-electron chi connectivity index (χ4n) is 2.03. The van der Waals surface area contributed by atoms with Crippen molar-refractivity contribution in [3.05, 3.63) is 23.8 Å². The molecule has 0 bridgehead atoms. The van der Waals surface area contributed by atoms with Gasteiger partial charge < -0.3 is 5.32 Å². The molecule has 9 heteroatoms. The molecule has 5 nitrogen and oxygen atoms in total. The Morgan fingerprint density at radius 2 is 1.86 bits per heavy atom.